The predicted octanol–water partition coefficient (Wildman–Crippen LogP) is 7.41. The molecule has 2 heterocycles. The molecule has 0 N–H and O–H groups in total. The van der Waals surface area contributed by atoms with E-state index in [0.29, 0.717) is 18.9 Å². The molecule has 40 heavy (non-hydrogen) atoms. The average molecular weight is 545 g/mol. The highest BCUT2D eigenvalue weighted by molar-refractivity contribution is 5.97. The van der Waals surface area contributed by atoms with Gasteiger partial charge >= 0.3 is 6.18 Å². The molecule has 3 aliphatic rings. The third-order valence-electron chi connectivity index (χ3n) is 8.82. The molecule has 208 valence electrons. The Morgan fingerprint density at radius 2 is 1.52 bits per heavy atom. The van der Waals surface area contributed by atoms with Crippen LogP contribution in [0.25, 0.3) is 5.57 Å². The SMILES string of the molecule is O=C(CC1CCN(Cc2ccc(C(F)(F)F)cc2)CC1)c1ccc2c(c1)C1=C(CCN(Cc3ccccc3)C1)C2. The Labute approximate surface area is 234 Å². The molecule has 0 bridgehead atoms. The number of Topliss-reactive ketones (excluding diaryl/α,β-unsaturated/α-hetero) is 1. The number of ketones is 1. The van der Waals surface area contributed by atoms with Crippen LogP contribution in [0, 0.1) is 5.92 Å². The maximum atomic E-state index is 13.3. The Balaban J connectivity index is 1.03. The van der Waals surface area contributed by atoms with E-state index < -0.39 is 11.7 Å². The van der Waals surface area contributed by atoms with Crippen molar-refractivity contribution >= 4 is 11.4 Å². The van der Waals surface area contributed by atoms with Gasteiger partial charge in [0.25, 0.3) is 0 Å². The highest BCUT2D eigenvalue weighted by Crippen LogP contribution is 2.39. The third kappa shape index (κ3) is 6.08. The number of likely N-dealkylation sites (tertiary alicyclic amines) is 1. The minimum absolute atomic E-state index is 0.218. The van der Waals surface area contributed by atoms with Gasteiger partial charge in [0.15, 0.2) is 5.78 Å². The van der Waals surface area contributed by atoms with Gasteiger partial charge in [0.2, 0.25) is 0 Å². The van der Waals surface area contributed by atoms with E-state index in [1.165, 1.54) is 27.8 Å². The van der Waals surface area contributed by atoms with Crippen LogP contribution in [0.5, 0.6) is 0 Å². The molecule has 0 atom stereocenters. The van der Waals surface area contributed by atoms with Crippen LogP contribution in [-0.4, -0.2) is 41.8 Å². The third-order valence-corrected chi connectivity index (χ3v) is 8.82. The van der Waals surface area contributed by atoms with Crippen molar-refractivity contribution in [1.29, 1.82) is 0 Å². The first kappa shape index (κ1) is 27.0. The first-order valence-corrected chi connectivity index (χ1v) is 14.3. The lowest BCUT2D eigenvalue weighted by molar-refractivity contribution is -0.137. The van der Waals surface area contributed by atoms with Crippen LogP contribution in [0.15, 0.2) is 78.4 Å². The van der Waals surface area contributed by atoms with E-state index in [1.807, 2.05) is 6.07 Å². The monoisotopic (exact) mass is 544 g/mol. The second-order valence-electron chi connectivity index (χ2n) is 11.6. The average Bonchev–Trinajstić information content (AvgIpc) is 3.32. The van der Waals surface area contributed by atoms with E-state index in [4.69, 9.17) is 0 Å². The number of hydrogen-bond donors (Lipinski definition) is 0. The smallest absolute Gasteiger partial charge is 0.299 e. The van der Waals surface area contributed by atoms with Crippen LogP contribution in [0.2, 0.25) is 0 Å². The number of piperidine rings is 1. The summed E-state index contributed by atoms with van der Waals surface area (Å²) in [6, 6.07) is 22.4. The molecule has 0 amide bonds. The molecule has 1 fully saturated rings. The molecule has 0 aromatic heterocycles. The lowest BCUT2D eigenvalue weighted by atomic mass is 9.88. The molecule has 0 saturated carbocycles. The number of carbonyl (C=O) groups is 1. The molecular formula is C34H35F3N2O. The highest BCUT2D eigenvalue weighted by atomic mass is 19.4. The van der Waals surface area contributed by atoms with Crippen molar-refractivity contribution in [1.82, 2.24) is 9.80 Å². The number of fused-ring (bicyclic) bond motifs is 2. The molecular weight excluding hydrogens is 509 g/mol. The van der Waals surface area contributed by atoms with Crippen LogP contribution in [0.1, 0.15) is 63.9 Å². The highest BCUT2D eigenvalue weighted by Gasteiger charge is 2.31. The fraction of sp³-hybridized carbons (Fsp3) is 0.382. The van der Waals surface area contributed by atoms with Gasteiger partial charge in [-0.2, -0.15) is 13.2 Å². The van der Waals surface area contributed by atoms with E-state index in [0.717, 1.165) is 81.7 Å². The molecule has 1 aliphatic carbocycles. The van der Waals surface area contributed by atoms with Crippen molar-refractivity contribution in [2.24, 2.45) is 5.92 Å². The number of nitrogens with zero attached hydrogens (tertiary/aromatic N) is 2. The van der Waals surface area contributed by atoms with Crippen molar-refractivity contribution in [3.05, 3.63) is 112 Å². The zero-order chi connectivity index (χ0) is 27.7. The quantitative estimate of drug-likeness (QED) is 0.290. The summed E-state index contributed by atoms with van der Waals surface area (Å²) >= 11 is 0. The Bertz CT molecular complexity index is 1390. The van der Waals surface area contributed by atoms with Crippen molar-refractivity contribution in [3.8, 4) is 0 Å². The second-order valence-corrected chi connectivity index (χ2v) is 11.6. The van der Waals surface area contributed by atoms with Gasteiger partial charge < -0.3 is 0 Å². The first-order chi connectivity index (χ1) is 19.3. The Morgan fingerprint density at radius 1 is 0.825 bits per heavy atom. The van der Waals surface area contributed by atoms with Gasteiger partial charge in [-0.3, -0.25) is 14.6 Å². The fourth-order valence-corrected chi connectivity index (χ4v) is 6.51. The van der Waals surface area contributed by atoms with Gasteiger partial charge in [-0.05, 0) is 90.7 Å². The van der Waals surface area contributed by atoms with Gasteiger partial charge in [-0.15, -0.1) is 0 Å². The van der Waals surface area contributed by atoms with Crippen molar-refractivity contribution in [2.75, 3.05) is 26.2 Å². The van der Waals surface area contributed by atoms with Crippen LogP contribution in [0.4, 0.5) is 13.2 Å². The van der Waals surface area contributed by atoms with Gasteiger partial charge in [0.1, 0.15) is 0 Å². The van der Waals surface area contributed by atoms with E-state index in [1.54, 1.807) is 12.1 Å². The maximum absolute atomic E-state index is 13.3. The molecule has 2 aliphatic heterocycles. The standard InChI is InChI=1S/C34H35F3N2O/c35-34(36,37)30-10-6-26(7-11-30)21-38-15-12-24(13-16-38)18-33(40)29-9-8-27-19-28-14-17-39(23-32(28)31(27)20-29)22-25-4-2-1-3-5-25/h1-11,20,24H,12-19,21-23H2. The molecule has 3 nitrogen and oxygen atoms in total. The summed E-state index contributed by atoms with van der Waals surface area (Å²) in [5.74, 6) is 0.561. The molecule has 1 saturated heterocycles. The van der Waals surface area contributed by atoms with E-state index in [9.17, 15) is 18.0 Å². The van der Waals surface area contributed by atoms with Crippen LogP contribution in [0.3, 0.4) is 0 Å². The molecule has 6 rings (SSSR count). The molecule has 0 spiro atoms. The van der Waals surface area contributed by atoms with Gasteiger partial charge in [0.05, 0.1) is 5.56 Å². The zero-order valence-corrected chi connectivity index (χ0v) is 22.7. The number of hydrogen-bond acceptors (Lipinski definition) is 3. The molecule has 3 aromatic carbocycles. The first-order valence-electron chi connectivity index (χ1n) is 14.3. The molecule has 6 heteroatoms. The lowest BCUT2D eigenvalue weighted by Crippen LogP contribution is -2.34. The minimum Gasteiger partial charge on any atom is -0.299 e. The number of alkyl halides is 3. The van der Waals surface area contributed by atoms with Crippen molar-refractivity contribution in [3.63, 3.8) is 0 Å². The van der Waals surface area contributed by atoms with Gasteiger partial charge in [-0.25, -0.2) is 0 Å². The number of halogens is 3. The topological polar surface area (TPSA) is 23.6 Å². The Kier molecular flexibility index (Phi) is 7.65. The summed E-state index contributed by atoms with van der Waals surface area (Å²) < 4.78 is 38.5. The van der Waals surface area contributed by atoms with Crippen LogP contribution in [-0.2, 0) is 25.7 Å². The molecule has 3 aromatic rings. The van der Waals surface area contributed by atoms with E-state index in [-0.39, 0.29) is 5.78 Å². The summed E-state index contributed by atoms with van der Waals surface area (Å²) in [4.78, 5) is 18.1. The van der Waals surface area contributed by atoms with Gasteiger partial charge in [0, 0.05) is 38.2 Å². The largest absolute Gasteiger partial charge is 0.416 e. The summed E-state index contributed by atoms with van der Waals surface area (Å²) in [7, 11) is 0. The summed E-state index contributed by atoms with van der Waals surface area (Å²) in [6.07, 6.45) is 0.211. The van der Waals surface area contributed by atoms with Crippen molar-refractivity contribution in [2.45, 2.75) is 51.4 Å². The van der Waals surface area contributed by atoms with E-state index >= 15 is 0 Å². The normalized spacial score (nSPS) is 18.6. The predicted molar refractivity (Wildman–Crippen MR) is 152 cm³/mol. The van der Waals surface area contributed by atoms with E-state index in [2.05, 4.69) is 52.3 Å². The van der Waals surface area contributed by atoms with Crippen LogP contribution >= 0.6 is 0 Å². The van der Waals surface area contributed by atoms with Crippen LogP contribution < -0.4 is 0 Å². The number of carbonyl (C=O) groups excluding carboxylic acids is 1. The molecule has 0 radical (unpaired) electrons. The summed E-state index contributed by atoms with van der Waals surface area (Å²) in [5.41, 5.74) is 8.00. The minimum atomic E-state index is -4.30. The lowest BCUT2D eigenvalue weighted by Gasteiger charge is -2.31. The number of benzene rings is 3. The molecule has 0 unspecified atom stereocenters. The zero-order valence-electron chi connectivity index (χ0n) is 22.7. The summed E-state index contributed by atoms with van der Waals surface area (Å²) in [5, 5.41) is 0. The fourth-order valence-electron chi connectivity index (χ4n) is 6.51. The Morgan fingerprint density at radius 3 is 2.25 bits per heavy atom. The second kappa shape index (κ2) is 11.3. The summed E-state index contributed by atoms with van der Waals surface area (Å²) in [6.45, 7) is 5.32. The Hall–Kier alpha value is -3.22. The van der Waals surface area contributed by atoms with Crippen molar-refractivity contribution < 1.29 is 18.0 Å². The maximum Gasteiger partial charge on any atom is 0.416 e. The van der Waals surface area contributed by atoms with Gasteiger partial charge in [-0.1, -0.05) is 60.2 Å². The number of rotatable bonds is 7.